The van der Waals surface area contributed by atoms with E-state index in [0.29, 0.717) is 5.56 Å². The Kier molecular flexibility index (Phi) is 11.5. The third kappa shape index (κ3) is 8.13. The molecular formula is C29H26N7NaO11S. The number of primary amides is 1. The zero-order valence-corrected chi connectivity index (χ0v) is 28.7. The molecule has 250 valence electrons. The molecule has 0 aliphatic carbocycles. The number of urea groups is 1. The van der Waals surface area contributed by atoms with Gasteiger partial charge >= 0.3 is 41.6 Å². The quantitative estimate of drug-likeness (QED) is 0.0632. The maximum absolute atomic E-state index is 13.1. The fourth-order valence-electron chi connectivity index (χ4n) is 5.00. The van der Waals surface area contributed by atoms with Crippen molar-refractivity contribution in [2.75, 3.05) is 17.7 Å². The molecule has 2 aliphatic rings. The van der Waals surface area contributed by atoms with Gasteiger partial charge in [-0.25, -0.2) is 9.78 Å². The number of thioether (sulfide) groups is 1. The molecule has 5 rings (SSSR count). The number of imide groups is 1. The van der Waals surface area contributed by atoms with Crippen LogP contribution in [-0.2, 0) is 36.9 Å². The predicted molar refractivity (Wildman–Crippen MR) is 161 cm³/mol. The van der Waals surface area contributed by atoms with E-state index in [9.17, 15) is 44.1 Å². The number of fused-ring (bicyclic) bond motifs is 1. The van der Waals surface area contributed by atoms with Crippen LogP contribution in [0.25, 0.3) is 11.1 Å². The molecule has 4 heterocycles. The Bertz CT molecular complexity index is 1880. The summed E-state index contributed by atoms with van der Waals surface area (Å²) >= 11 is 1.18. The molecular weight excluding hydrogens is 677 g/mol. The number of carboxylic acid groups (broad SMARTS) is 1. The van der Waals surface area contributed by atoms with Crippen molar-refractivity contribution in [2.45, 2.75) is 31.3 Å². The van der Waals surface area contributed by atoms with Gasteiger partial charge in [-0.15, -0.1) is 11.8 Å². The van der Waals surface area contributed by atoms with E-state index in [2.05, 4.69) is 20.6 Å². The van der Waals surface area contributed by atoms with Gasteiger partial charge in [0.15, 0.2) is 0 Å². The molecule has 1 unspecified atom stereocenters. The number of benzene rings is 1. The fraction of sp³-hybridized carbons (Fsp3) is 0.241. The molecule has 2 aromatic heterocycles. The van der Waals surface area contributed by atoms with Crippen LogP contribution in [0.1, 0.15) is 28.6 Å². The SMILES string of the molecule is CC(=O)OCC1=C(C(=O)[O-])N2C(=O)C(NC(=O)Cc3ccc(O)cc3-c3cnc(NCc4occc4C(=O)NC(N)=O)nc3O)[C@@H]2SC1.[Na+]. The summed E-state index contributed by atoms with van der Waals surface area (Å²) in [6.07, 6.45) is 2.15. The number of carbonyl (C=O) groups excluding carboxylic acids is 6. The molecule has 5 amide bonds. The number of β-lactam (4-membered cyclic amide) rings is 1. The van der Waals surface area contributed by atoms with Gasteiger partial charge in [-0.1, -0.05) is 6.07 Å². The van der Waals surface area contributed by atoms with E-state index >= 15 is 0 Å². The van der Waals surface area contributed by atoms with Crippen LogP contribution >= 0.6 is 11.8 Å². The zero-order valence-electron chi connectivity index (χ0n) is 25.8. The normalized spacial score (nSPS) is 16.4. The van der Waals surface area contributed by atoms with Gasteiger partial charge in [-0.05, 0) is 29.3 Å². The summed E-state index contributed by atoms with van der Waals surface area (Å²) in [7, 11) is 0. The first-order valence-electron chi connectivity index (χ1n) is 13.9. The number of carbonyl (C=O) groups is 6. The second-order valence-corrected chi connectivity index (χ2v) is 11.5. The Labute approximate surface area is 302 Å². The number of aromatic nitrogens is 2. The number of amides is 5. The number of ether oxygens (including phenoxy) is 1. The van der Waals surface area contributed by atoms with Crippen LogP contribution in [0.5, 0.6) is 11.6 Å². The number of anilines is 1. The Morgan fingerprint density at radius 1 is 1.18 bits per heavy atom. The van der Waals surface area contributed by atoms with E-state index in [1.807, 2.05) is 5.32 Å². The van der Waals surface area contributed by atoms with Crippen molar-refractivity contribution in [3.8, 4) is 22.8 Å². The number of aromatic hydroxyl groups is 2. The molecule has 2 atom stereocenters. The van der Waals surface area contributed by atoms with Crippen molar-refractivity contribution in [3.63, 3.8) is 0 Å². The Balaban J connectivity index is 0.00000541. The molecule has 18 nitrogen and oxygen atoms in total. The number of rotatable bonds is 11. The minimum atomic E-state index is -1.61. The summed E-state index contributed by atoms with van der Waals surface area (Å²) in [6, 6.07) is 3.28. The van der Waals surface area contributed by atoms with Gasteiger partial charge in [-0.2, -0.15) is 4.98 Å². The first kappa shape index (κ1) is 36.7. The van der Waals surface area contributed by atoms with Gasteiger partial charge in [0.05, 0.1) is 42.0 Å². The van der Waals surface area contributed by atoms with Crippen molar-refractivity contribution < 1.29 is 82.8 Å². The molecule has 1 fully saturated rings. The number of nitrogens with two attached hydrogens (primary N) is 1. The number of phenols is 1. The average Bonchev–Trinajstić information content (AvgIpc) is 3.50. The van der Waals surface area contributed by atoms with E-state index in [0.717, 1.165) is 4.90 Å². The number of aliphatic carboxylic acids is 1. The van der Waals surface area contributed by atoms with Gasteiger partial charge in [0.1, 0.15) is 29.5 Å². The zero-order chi connectivity index (χ0) is 34.7. The van der Waals surface area contributed by atoms with E-state index in [1.54, 1.807) is 0 Å². The number of phenolic OH excluding ortho intramolecular Hbond substituents is 1. The summed E-state index contributed by atoms with van der Waals surface area (Å²) in [4.78, 5) is 81.3. The Morgan fingerprint density at radius 3 is 2.61 bits per heavy atom. The van der Waals surface area contributed by atoms with Crippen molar-refractivity contribution in [2.24, 2.45) is 5.73 Å². The average molecular weight is 704 g/mol. The topological polar surface area (TPSA) is 279 Å². The van der Waals surface area contributed by atoms with Crippen molar-refractivity contribution >= 4 is 53.4 Å². The molecule has 49 heavy (non-hydrogen) atoms. The van der Waals surface area contributed by atoms with Crippen LogP contribution in [0.15, 0.2) is 52.4 Å². The standard InChI is InChI=1S/C29H27N7O11S.Na/c1-12(37)47-10-14-11-48-26-21(25(42)36(26)22(14)27(43)44)33-20(39)6-13-2-3-15(38)7-17(13)18-8-31-29(35-24(18)41)32-9-19-16(4-5-46-19)23(40)34-28(30)45;/h2-5,7-8,21,26,38H,6,9-11H2,1H3,(H,33,39)(H,43,44)(H3,30,34,40,45)(H2,31,32,35,41);/q;+1/p-1/t21?,26-;/m0./s1. The molecule has 20 heteroatoms. The second-order valence-electron chi connectivity index (χ2n) is 10.4. The van der Waals surface area contributed by atoms with Crippen LogP contribution < -0.4 is 56.3 Å². The van der Waals surface area contributed by atoms with E-state index in [-0.39, 0.29) is 94.6 Å². The number of nitrogens with zero attached hydrogens (tertiary/aromatic N) is 3. The maximum Gasteiger partial charge on any atom is 1.00 e. The summed E-state index contributed by atoms with van der Waals surface area (Å²) in [6.45, 7) is 0.728. The number of furan rings is 1. The molecule has 0 radical (unpaired) electrons. The van der Waals surface area contributed by atoms with Gasteiger partial charge in [0.25, 0.3) is 11.8 Å². The molecule has 3 aromatic rings. The summed E-state index contributed by atoms with van der Waals surface area (Å²) in [5, 5.41) is 39.3. The smallest absolute Gasteiger partial charge is 0.543 e. The molecule has 1 saturated heterocycles. The van der Waals surface area contributed by atoms with Gasteiger partial charge in [-0.3, -0.25) is 29.4 Å². The molecule has 0 bridgehead atoms. The van der Waals surface area contributed by atoms with Crippen LogP contribution in [0.3, 0.4) is 0 Å². The second kappa shape index (κ2) is 15.4. The first-order chi connectivity index (χ1) is 22.8. The van der Waals surface area contributed by atoms with Crippen LogP contribution in [0.4, 0.5) is 10.7 Å². The number of nitrogens with one attached hydrogen (secondary N) is 3. The fourth-order valence-corrected chi connectivity index (χ4v) is 6.33. The van der Waals surface area contributed by atoms with Gasteiger partial charge < -0.3 is 45.6 Å². The molecule has 2 aliphatic heterocycles. The molecule has 0 saturated carbocycles. The number of carboxylic acids is 1. The van der Waals surface area contributed by atoms with E-state index in [4.69, 9.17) is 14.9 Å². The maximum atomic E-state index is 13.1. The summed E-state index contributed by atoms with van der Waals surface area (Å²) in [5.41, 5.74) is 5.39. The number of esters is 1. The minimum Gasteiger partial charge on any atom is -0.543 e. The van der Waals surface area contributed by atoms with Crippen molar-refractivity contribution in [1.29, 1.82) is 0 Å². The third-order valence-electron chi connectivity index (χ3n) is 7.14. The van der Waals surface area contributed by atoms with E-state index < -0.39 is 58.7 Å². The molecule has 1 aromatic carbocycles. The molecule has 7 N–H and O–H groups in total. The largest absolute Gasteiger partial charge is 1.00 e. The Morgan fingerprint density at radius 2 is 1.94 bits per heavy atom. The van der Waals surface area contributed by atoms with Gasteiger partial charge in [0.2, 0.25) is 17.7 Å². The first-order valence-corrected chi connectivity index (χ1v) is 15.0. The summed E-state index contributed by atoms with van der Waals surface area (Å²) in [5.74, 6) is -4.87. The monoisotopic (exact) mass is 703 g/mol. The van der Waals surface area contributed by atoms with Crippen LogP contribution in [0, 0.1) is 0 Å². The van der Waals surface area contributed by atoms with Gasteiger partial charge in [0, 0.05) is 24.4 Å². The number of hydrogen-bond acceptors (Lipinski definition) is 15. The van der Waals surface area contributed by atoms with Crippen LogP contribution in [-0.4, -0.2) is 84.5 Å². The van der Waals surface area contributed by atoms with E-state index in [1.165, 1.54) is 55.4 Å². The minimum absolute atomic E-state index is 0. The molecule has 0 spiro atoms. The number of hydrogen-bond donors (Lipinski definition) is 6. The predicted octanol–water partition coefficient (Wildman–Crippen LogP) is -3.92. The van der Waals surface area contributed by atoms with Crippen molar-refractivity contribution in [3.05, 3.63) is 64.9 Å². The Hall–Kier alpha value is -5.11. The van der Waals surface area contributed by atoms with Crippen LogP contribution in [0.2, 0.25) is 0 Å². The third-order valence-corrected chi connectivity index (χ3v) is 8.48. The summed E-state index contributed by atoms with van der Waals surface area (Å²) < 4.78 is 10.2. The van der Waals surface area contributed by atoms with Crippen molar-refractivity contribution in [1.82, 2.24) is 25.5 Å².